The van der Waals surface area contributed by atoms with E-state index in [1.54, 1.807) is 4.90 Å². The summed E-state index contributed by atoms with van der Waals surface area (Å²) in [5, 5.41) is 9.20. The number of nitrogens with zero attached hydrogens (tertiary/aromatic N) is 4. The first kappa shape index (κ1) is 26.5. The van der Waals surface area contributed by atoms with Gasteiger partial charge in [-0.25, -0.2) is 13.8 Å². The summed E-state index contributed by atoms with van der Waals surface area (Å²) in [6.45, 7) is -0.265. The normalized spacial score (nSPS) is 18.2. The molecular weight excluding hydrogens is 527 g/mol. The molecular formula is C25H23F5N6O3. The first-order valence-electron chi connectivity index (χ1n) is 12.1. The zero-order valence-corrected chi connectivity index (χ0v) is 20.6. The van der Waals surface area contributed by atoms with Gasteiger partial charge in [-0.2, -0.15) is 18.3 Å². The molecule has 1 aliphatic carbocycles. The second-order valence-electron chi connectivity index (χ2n) is 9.61. The molecule has 9 nitrogen and oxygen atoms in total. The minimum atomic E-state index is -4.82. The van der Waals surface area contributed by atoms with Crippen LogP contribution >= 0.6 is 0 Å². The second kappa shape index (κ2) is 9.89. The standard InChI is InChI=1S/C25H23F5N6O3/c1-39-21-7-15(17(27)11-32-21)18-8-19(35-34-18)23(38)36-5-2-13(9-24(36)3-4-24)22(37)33-12-20-16(25(28,29)30)6-14(26)10-31-20/h6-8,10-11,13H,2-5,9,12H2,1H3,(H,33,37)(H,34,35)/t13-/m0/s1. The van der Waals surface area contributed by atoms with Crippen LogP contribution in [0.25, 0.3) is 11.3 Å². The number of ether oxygens (including phenoxy) is 1. The minimum absolute atomic E-state index is 0.109. The maximum absolute atomic E-state index is 14.3. The molecule has 3 aromatic heterocycles. The van der Waals surface area contributed by atoms with Crippen molar-refractivity contribution in [2.24, 2.45) is 5.92 Å². The van der Waals surface area contributed by atoms with Crippen LogP contribution in [0.1, 0.15) is 47.4 Å². The summed E-state index contributed by atoms with van der Waals surface area (Å²) in [7, 11) is 1.39. The summed E-state index contributed by atoms with van der Waals surface area (Å²) in [4.78, 5) is 35.1. The average molecular weight is 550 g/mol. The third-order valence-corrected chi connectivity index (χ3v) is 7.14. The molecule has 1 saturated heterocycles. The molecule has 2 aliphatic rings. The zero-order chi connectivity index (χ0) is 27.9. The largest absolute Gasteiger partial charge is 0.481 e. The van der Waals surface area contributed by atoms with Crippen LogP contribution in [0.4, 0.5) is 22.0 Å². The fourth-order valence-electron chi connectivity index (χ4n) is 4.96. The van der Waals surface area contributed by atoms with Gasteiger partial charge in [0.15, 0.2) is 5.82 Å². The van der Waals surface area contributed by atoms with Crippen molar-refractivity contribution in [3.8, 4) is 17.1 Å². The van der Waals surface area contributed by atoms with Crippen molar-refractivity contribution in [2.45, 2.75) is 43.9 Å². The lowest BCUT2D eigenvalue weighted by molar-refractivity contribution is -0.139. The number of aromatic amines is 1. The molecule has 2 amide bonds. The van der Waals surface area contributed by atoms with E-state index < -0.39 is 53.0 Å². The molecule has 0 bridgehead atoms. The summed E-state index contributed by atoms with van der Waals surface area (Å²) < 4.78 is 72.3. The van der Waals surface area contributed by atoms with Crippen LogP contribution in [0.5, 0.6) is 5.88 Å². The summed E-state index contributed by atoms with van der Waals surface area (Å²) in [5.74, 6) is -2.91. The van der Waals surface area contributed by atoms with E-state index in [1.165, 1.54) is 19.2 Å². The molecule has 1 atom stereocenters. The van der Waals surface area contributed by atoms with Crippen molar-refractivity contribution < 1.29 is 36.3 Å². The van der Waals surface area contributed by atoms with Crippen molar-refractivity contribution in [2.75, 3.05) is 13.7 Å². The van der Waals surface area contributed by atoms with E-state index in [4.69, 9.17) is 4.74 Å². The highest BCUT2D eigenvalue weighted by atomic mass is 19.4. The Morgan fingerprint density at radius 2 is 1.95 bits per heavy atom. The minimum Gasteiger partial charge on any atom is -0.481 e. The predicted molar refractivity (Wildman–Crippen MR) is 125 cm³/mol. The molecule has 0 aromatic carbocycles. The van der Waals surface area contributed by atoms with Crippen LogP contribution < -0.4 is 10.1 Å². The number of amides is 2. The van der Waals surface area contributed by atoms with E-state index in [1.807, 2.05) is 0 Å². The molecule has 1 saturated carbocycles. The van der Waals surface area contributed by atoms with Gasteiger partial charge in [0, 0.05) is 29.6 Å². The molecule has 2 fully saturated rings. The van der Waals surface area contributed by atoms with Gasteiger partial charge in [0.25, 0.3) is 5.91 Å². The maximum Gasteiger partial charge on any atom is 0.418 e. The Balaban J connectivity index is 1.25. The number of likely N-dealkylation sites (tertiary alicyclic amines) is 1. The van der Waals surface area contributed by atoms with Crippen LogP contribution in [0.2, 0.25) is 0 Å². The Bertz CT molecular complexity index is 1420. The molecule has 3 aromatic rings. The molecule has 1 spiro atoms. The van der Waals surface area contributed by atoms with Gasteiger partial charge in [-0.3, -0.25) is 19.7 Å². The number of hydrogen-bond donors (Lipinski definition) is 2. The molecule has 1 aliphatic heterocycles. The number of pyridine rings is 2. The van der Waals surface area contributed by atoms with Crippen molar-refractivity contribution in [1.82, 2.24) is 30.4 Å². The first-order chi connectivity index (χ1) is 18.5. The van der Waals surface area contributed by atoms with Crippen LogP contribution in [-0.4, -0.2) is 56.1 Å². The Morgan fingerprint density at radius 3 is 2.64 bits per heavy atom. The van der Waals surface area contributed by atoms with Gasteiger partial charge in [0.2, 0.25) is 11.8 Å². The lowest BCUT2D eigenvalue weighted by Crippen LogP contribution is -2.50. The number of carbonyl (C=O) groups is 2. The van der Waals surface area contributed by atoms with E-state index in [0.29, 0.717) is 37.9 Å². The molecule has 14 heteroatoms. The summed E-state index contributed by atoms with van der Waals surface area (Å²) in [6.07, 6.45) is -1.20. The molecule has 39 heavy (non-hydrogen) atoms. The predicted octanol–water partition coefficient (Wildman–Crippen LogP) is 3.87. The van der Waals surface area contributed by atoms with Gasteiger partial charge in [0.1, 0.15) is 11.5 Å². The number of rotatable bonds is 6. The second-order valence-corrected chi connectivity index (χ2v) is 9.61. The van der Waals surface area contributed by atoms with Crippen LogP contribution in [0, 0.1) is 17.6 Å². The SMILES string of the molecule is COc1cc(-c2cc(C(=O)N3CC[C@H](C(=O)NCc4ncc(F)cc4C(F)(F)F)CC34CC4)[nH]n2)c(F)cn1. The number of methoxy groups -OCH3 is 1. The van der Waals surface area contributed by atoms with Gasteiger partial charge in [-0.05, 0) is 37.8 Å². The van der Waals surface area contributed by atoms with E-state index >= 15 is 0 Å². The van der Waals surface area contributed by atoms with Crippen LogP contribution in [0.15, 0.2) is 30.6 Å². The number of halogens is 5. The van der Waals surface area contributed by atoms with Gasteiger partial charge in [-0.15, -0.1) is 0 Å². The highest BCUT2D eigenvalue weighted by Gasteiger charge is 2.54. The Kier molecular flexibility index (Phi) is 6.72. The van der Waals surface area contributed by atoms with Crippen molar-refractivity contribution in [3.05, 3.63) is 59.2 Å². The van der Waals surface area contributed by atoms with Crippen molar-refractivity contribution in [1.29, 1.82) is 0 Å². The highest BCUT2D eigenvalue weighted by Crippen LogP contribution is 2.50. The third-order valence-electron chi connectivity index (χ3n) is 7.14. The summed E-state index contributed by atoms with van der Waals surface area (Å²) in [6, 6.07) is 3.15. The number of nitrogens with one attached hydrogen (secondary N) is 2. The highest BCUT2D eigenvalue weighted by molar-refractivity contribution is 5.94. The summed E-state index contributed by atoms with van der Waals surface area (Å²) in [5.41, 5.74) is -1.83. The fourth-order valence-corrected chi connectivity index (χ4v) is 4.96. The number of aromatic nitrogens is 4. The monoisotopic (exact) mass is 550 g/mol. The summed E-state index contributed by atoms with van der Waals surface area (Å²) >= 11 is 0. The van der Waals surface area contributed by atoms with Gasteiger partial charge < -0.3 is 15.0 Å². The molecule has 206 valence electrons. The van der Waals surface area contributed by atoms with Crippen molar-refractivity contribution >= 4 is 11.8 Å². The fraction of sp³-hybridized carbons (Fsp3) is 0.400. The van der Waals surface area contributed by atoms with E-state index in [2.05, 4.69) is 25.5 Å². The molecule has 5 rings (SSSR count). The van der Waals surface area contributed by atoms with E-state index in [9.17, 15) is 31.5 Å². The Labute approximate surface area is 218 Å². The molecule has 4 heterocycles. The number of alkyl halides is 3. The zero-order valence-electron chi connectivity index (χ0n) is 20.6. The Hall–Kier alpha value is -4.10. The van der Waals surface area contributed by atoms with Gasteiger partial charge >= 0.3 is 6.18 Å². The van der Waals surface area contributed by atoms with E-state index in [-0.39, 0.29) is 35.3 Å². The smallest absolute Gasteiger partial charge is 0.418 e. The first-order valence-corrected chi connectivity index (χ1v) is 12.1. The maximum atomic E-state index is 14.3. The molecule has 2 N–H and O–H groups in total. The van der Waals surface area contributed by atoms with Crippen LogP contribution in [-0.2, 0) is 17.5 Å². The van der Waals surface area contributed by atoms with Crippen LogP contribution in [0.3, 0.4) is 0 Å². The van der Waals surface area contributed by atoms with E-state index in [0.717, 1.165) is 6.20 Å². The lowest BCUT2D eigenvalue weighted by atomic mass is 9.88. The van der Waals surface area contributed by atoms with Gasteiger partial charge in [-0.1, -0.05) is 0 Å². The topological polar surface area (TPSA) is 113 Å². The quantitative estimate of drug-likeness (QED) is 0.451. The average Bonchev–Trinajstić information content (AvgIpc) is 3.48. The Morgan fingerprint density at radius 1 is 1.18 bits per heavy atom. The number of piperidine rings is 1. The number of H-pyrrole nitrogens is 1. The number of hydrogen-bond acceptors (Lipinski definition) is 6. The van der Waals surface area contributed by atoms with Gasteiger partial charge in [0.05, 0.1) is 43.0 Å². The lowest BCUT2D eigenvalue weighted by Gasteiger charge is -2.39. The molecule has 0 unspecified atom stereocenters. The number of carbonyl (C=O) groups excluding carboxylic acids is 2. The molecule has 0 radical (unpaired) electrons. The third kappa shape index (κ3) is 5.27. The van der Waals surface area contributed by atoms with Crippen molar-refractivity contribution in [3.63, 3.8) is 0 Å².